The van der Waals surface area contributed by atoms with Crippen LogP contribution in [0.25, 0.3) is 0 Å². The molecule has 1 N–H and O–H groups in total. The molecule has 1 fully saturated rings. The molecule has 90 valence electrons. The Morgan fingerprint density at radius 2 is 2.25 bits per heavy atom. The summed E-state index contributed by atoms with van der Waals surface area (Å²) in [6.45, 7) is 1.77. The highest BCUT2D eigenvalue weighted by atomic mass is 79.9. The van der Waals surface area contributed by atoms with Crippen LogP contribution in [0.2, 0.25) is 0 Å². The molecular weight excluding hydrogens is 294 g/mol. The molecule has 0 aromatic carbocycles. The standard InChI is InChI=1S/C9H14BrN3O2S/c1-7-11-8(5-13(7)2)16(14,15)12-9(6-10)3-4-9/h5,12H,3-4,6H2,1-2H3. The van der Waals surface area contributed by atoms with E-state index in [2.05, 4.69) is 25.6 Å². The highest BCUT2D eigenvalue weighted by Crippen LogP contribution is 2.38. The number of nitrogens with one attached hydrogen (secondary N) is 1. The Labute approximate surface area is 103 Å². The monoisotopic (exact) mass is 307 g/mol. The lowest BCUT2D eigenvalue weighted by Gasteiger charge is -2.12. The zero-order valence-corrected chi connectivity index (χ0v) is 11.6. The Morgan fingerprint density at radius 1 is 1.62 bits per heavy atom. The van der Waals surface area contributed by atoms with Crippen LogP contribution >= 0.6 is 15.9 Å². The molecular formula is C9H14BrN3O2S. The van der Waals surface area contributed by atoms with Gasteiger partial charge in [0.2, 0.25) is 0 Å². The molecule has 0 amide bonds. The molecule has 5 nitrogen and oxygen atoms in total. The summed E-state index contributed by atoms with van der Waals surface area (Å²) in [6.07, 6.45) is 3.29. The largest absolute Gasteiger partial charge is 0.337 e. The molecule has 0 spiro atoms. The smallest absolute Gasteiger partial charge is 0.260 e. The van der Waals surface area contributed by atoms with Crippen molar-refractivity contribution in [3.63, 3.8) is 0 Å². The van der Waals surface area contributed by atoms with Gasteiger partial charge in [-0.15, -0.1) is 0 Å². The van der Waals surface area contributed by atoms with Crippen molar-refractivity contribution in [2.45, 2.75) is 30.3 Å². The van der Waals surface area contributed by atoms with Gasteiger partial charge in [0.1, 0.15) is 5.82 Å². The predicted octanol–water partition coefficient (Wildman–Crippen LogP) is 0.934. The van der Waals surface area contributed by atoms with Crippen LogP contribution in [0.4, 0.5) is 0 Å². The van der Waals surface area contributed by atoms with Gasteiger partial charge in [-0.2, -0.15) is 0 Å². The van der Waals surface area contributed by atoms with E-state index in [1.807, 2.05) is 0 Å². The minimum absolute atomic E-state index is 0.0970. The molecule has 16 heavy (non-hydrogen) atoms. The van der Waals surface area contributed by atoms with Crippen molar-refractivity contribution in [3.05, 3.63) is 12.0 Å². The summed E-state index contributed by atoms with van der Waals surface area (Å²) in [5, 5.41) is 0.741. The fourth-order valence-corrected chi connectivity index (χ4v) is 3.79. The number of imidazole rings is 1. The Balaban J connectivity index is 2.26. The molecule has 0 aliphatic heterocycles. The van der Waals surface area contributed by atoms with Gasteiger partial charge in [-0.3, -0.25) is 0 Å². The van der Waals surface area contributed by atoms with Crippen molar-refractivity contribution >= 4 is 26.0 Å². The molecule has 0 unspecified atom stereocenters. The van der Waals surface area contributed by atoms with E-state index in [1.54, 1.807) is 18.5 Å². The molecule has 2 rings (SSSR count). The third-order valence-electron chi connectivity index (χ3n) is 2.82. The van der Waals surface area contributed by atoms with Crippen LogP contribution in [0.5, 0.6) is 0 Å². The number of aromatic nitrogens is 2. The lowest BCUT2D eigenvalue weighted by molar-refractivity contribution is 0.557. The van der Waals surface area contributed by atoms with E-state index in [0.717, 1.165) is 12.8 Å². The average molecular weight is 308 g/mol. The molecule has 1 aromatic heterocycles. The molecule has 1 aromatic rings. The van der Waals surface area contributed by atoms with Crippen LogP contribution in [-0.2, 0) is 17.1 Å². The van der Waals surface area contributed by atoms with Gasteiger partial charge in [0, 0.05) is 24.1 Å². The van der Waals surface area contributed by atoms with Gasteiger partial charge in [0.25, 0.3) is 10.0 Å². The van der Waals surface area contributed by atoms with Gasteiger partial charge in [-0.25, -0.2) is 18.1 Å². The number of hydrogen-bond donors (Lipinski definition) is 1. The first-order chi connectivity index (χ1) is 7.38. The summed E-state index contributed by atoms with van der Waals surface area (Å²) < 4.78 is 28.4. The Kier molecular flexibility index (Phi) is 2.88. The highest BCUT2D eigenvalue weighted by Gasteiger charge is 2.45. The summed E-state index contributed by atoms with van der Waals surface area (Å²) in [6, 6.07) is 0. The molecule has 1 heterocycles. The van der Waals surface area contributed by atoms with Crippen LogP contribution in [0.1, 0.15) is 18.7 Å². The number of nitrogens with zero attached hydrogens (tertiary/aromatic N) is 2. The van der Waals surface area contributed by atoms with Crippen LogP contribution < -0.4 is 4.72 Å². The van der Waals surface area contributed by atoms with E-state index in [4.69, 9.17) is 0 Å². The van der Waals surface area contributed by atoms with Crippen LogP contribution in [0.3, 0.4) is 0 Å². The average Bonchev–Trinajstić information content (AvgIpc) is 2.88. The van der Waals surface area contributed by atoms with Crippen molar-refractivity contribution in [2.24, 2.45) is 7.05 Å². The normalized spacial score (nSPS) is 18.7. The Morgan fingerprint density at radius 3 is 2.62 bits per heavy atom. The lowest BCUT2D eigenvalue weighted by Crippen LogP contribution is -2.38. The van der Waals surface area contributed by atoms with E-state index in [0.29, 0.717) is 11.2 Å². The first-order valence-corrected chi connectivity index (χ1v) is 7.59. The molecule has 1 aliphatic carbocycles. The first kappa shape index (κ1) is 12.1. The maximum Gasteiger partial charge on any atom is 0.260 e. The van der Waals surface area contributed by atoms with Crippen molar-refractivity contribution in [1.82, 2.24) is 14.3 Å². The molecule has 0 saturated heterocycles. The fourth-order valence-electron chi connectivity index (χ4n) is 1.41. The second-order valence-corrected chi connectivity index (χ2v) is 6.45. The maximum atomic E-state index is 12.0. The fraction of sp³-hybridized carbons (Fsp3) is 0.667. The second-order valence-electron chi connectivity index (χ2n) is 4.26. The Bertz CT molecular complexity index is 485. The first-order valence-electron chi connectivity index (χ1n) is 4.98. The maximum absolute atomic E-state index is 12.0. The summed E-state index contributed by atoms with van der Waals surface area (Å²) in [5.74, 6) is 0.684. The van der Waals surface area contributed by atoms with E-state index >= 15 is 0 Å². The van der Waals surface area contributed by atoms with Gasteiger partial charge in [-0.05, 0) is 19.8 Å². The number of sulfonamides is 1. The van der Waals surface area contributed by atoms with Crippen molar-refractivity contribution in [2.75, 3.05) is 5.33 Å². The van der Waals surface area contributed by atoms with Crippen molar-refractivity contribution in [3.8, 4) is 0 Å². The van der Waals surface area contributed by atoms with Gasteiger partial charge in [0.15, 0.2) is 5.03 Å². The number of aryl methyl sites for hydroxylation is 2. The van der Waals surface area contributed by atoms with E-state index in [-0.39, 0.29) is 10.6 Å². The molecule has 1 aliphatic rings. The van der Waals surface area contributed by atoms with Crippen molar-refractivity contribution in [1.29, 1.82) is 0 Å². The quantitative estimate of drug-likeness (QED) is 0.842. The van der Waals surface area contributed by atoms with Crippen LogP contribution in [0.15, 0.2) is 11.2 Å². The molecule has 0 bridgehead atoms. The molecule has 0 atom stereocenters. The van der Waals surface area contributed by atoms with Crippen LogP contribution in [0, 0.1) is 6.92 Å². The summed E-state index contributed by atoms with van der Waals surface area (Å²) in [5.41, 5.74) is -0.287. The molecule has 7 heteroatoms. The Hall–Kier alpha value is -0.400. The number of rotatable bonds is 4. The number of hydrogen-bond acceptors (Lipinski definition) is 3. The third-order valence-corrected chi connectivity index (χ3v) is 5.34. The SMILES string of the molecule is Cc1nc(S(=O)(=O)NC2(CBr)CC2)cn1C. The van der Waals surface area contributed by atoms with Gasteiger partial charge in [-0.1, -0.05) is 15.9 Å². The summed E-state index contributed by atoms with van der Waals surface area (Å²) >= 11 is 3.33. The minimum atomic E-state index is -3.48. The summed E-state index contributed by atoms with van der Waals surface area (Å²) in [7, 11) is -1.70. The lowest BCUT2D eigenvalue weighted by atomic mass is 10.4. The zero-order chi connectivity index (χ0) is 12.0. The van der Waals surface area contributed by atoms with E-state index in [1.165, 1.54) is 6.20 Å². The van der Waals surface area contributed by atoms with Gasteiger partial charge >= 0.3 is 0 Å². The van der Waals surface area contributed by atoms with E-state index in [9.17, 15) is 8.42 Å². The van der Waals surface area contributed by atoms with Crippen molar-refractivity contribution < 1.29 is 8.42 Å². The second kappa shape index (κ2) is 3.82. The van der Waals surface area contributed by atoms with Gasteiger partial charge < -0.3 is 4.57 Å². The highest BCUT2D eigenvalue weighted by molar-refractivity contribution is 9.09. The number of halogens is 1. The minimum Gasteiger partial charge on any atom is -0.337 e. The summed E-state index contributed by atoms with van der Waals surface area (Å²) in [4.78, 5) is 4.03. The van der Waals surface area contributed by atoms with Crippen LogP contribution in [-0.4, -0.2) is 28.8 Å². The zero-order valence-electron chi connectivity index (χ0n) is 9.20. The third kappa shape index (κ3) is 2.16. The van der Waals surface area contributed by atoms with E-state index < -0.39 is 10.0 Å². The topological polar surface area (TPSA) is 64.0 Å². The predicted molar refractivity (Wildman–Crippen MR) is 64.0 cm³/mol. The molecule has 0 radical (unpaired) electrons. The van der Waals surface area contributed by atoms with Gasteiger partial charge in [0.05, 0.1) is 0 Å². The molecule has 1 saturated carbocycles. The number of alkyl halides is 1.